The average Bonchev–Trinajstić information content (AvgIpc) is 3.15. The smallest absolute Gasteiger partial charge is 0.313 e. The number of hydrogen-bond acceptors (Lipinski definition) is 5. The van der Waals surface area contributed by atoms with Gasteiger partial charge < -0.3 is 13.9 Å². The normalized spacial score (nSPS) is 10.8. The second-order valence-electron chi connectivity index (χ2n) is 7.26. The van der Waals surface area contributed by atoms with Crippen LogP contribution in [0.4, 0.5) is 0 Å². The summed E-state index contributed by atoms with van der Waals surface area (Å²) in [7, 11) is 0. The fraction of sp³-hybridized carbons (Fsp3) is 0.739. The molecular weight excluding hydrogens is 356 g/mol. The topological polar surface area (TPSA) is 65.7 Å². The van der Waals surface area contributed by atoms with E-state index in [1.807, 2.05) is 0 Å². The van der Waals surface area contributed by atoms with Crippen molar-refractivity contribution < 1.29 is 23.5 Å². The van der Waals surface area contributed by atoms with E-state index in [0.717, 1.165) is 12.8 Å². The van der Waals surface area contributed by atoms with Crippen LogP contribution in [0.25, 0.3) is 0 Å². The first-order valence-corrected chi connectivity index (χ1v) is 11.1. The van der Waals surface area contributed by atoms with Crippen molar-refractivity contribution in [2.75, 3.05) is 13.2 Å². The van der Waals surface area contributed by atoms with Gasteiger partial charge in [-0.1, -0.05) is 77.6 Å². The van der Waals surface area contributed by atoms with Crippen LogP contribution in [0.15, 0.2) is 16.5 Å². The first kappa shape index (κ1) is 24.3. The van der Waals surface area contributed by atoms with Crippen LogP contribution in [0.5, 0.6) is 5.95 Å². The Labute approximate surface area is 170 Å². The van der Waals surface area contributed by atoms with Crippen molar-refractivity contribution in [3.63, 3.8) is 0 Å². The van der Waals surface area contributed by atoms with Gasteiger partial charge in [-0.2, -0.15) is 0 Å². The fourth-order valence-electron chi connectivity index (χ4n) is 3.09. The average molecular weight is 395 g/mol. The van der Waals surface area contributed by atoms with E-state index < -0.39 is 11.8 Å². The van der Waals surface area contributed by atoms with Crippen molar-refractivity contribution in [3.05, 3.63) is 17.9 Å². The summed E-state index contributed by atoms with van der Waals surface area (Å²) >= 11 is 0. The largest absolute Gasteiger partial charge is 0.466 e. The minimum Gasteiger partial charge on any atom is -0.466 e. The number of hydrogen-bond donors (Lipinski definition) is 0. The van der Waals surface area contributed by atoms with Crippen LogP contribution >= 0.6 is 0 Å². The van der Waals surface area contributed by atoms with Gasteiger partial charge in [0, 0.05) is 6.07 Å². The molecule has 0 N–H and O–H groups in total. The van der Waals surface area contributed by atoms with E-state index in [4.69, 9.17) is 13.9 Å². The van der Waals surface area contributed by atoms with Crippen LogP contribution in [0.2, 0.25) is 0 Å². The van der Waals surface area contributed by atoms with Gasteiger partial charge in [0.2, 0.25) is 5.78 Å². The summed E-state index contributed by atoms with van der Waals surface area (Å²) in [4.78, 5) is 23.2. The van der Waals surface area contributed by atoms with Crippen molar-refractivity contribution in [1.82, 2.24) is 0 Å². The van der Waals surface area contributed by atoms with Gasteiger partial charge in [0.25, 0.3) is 5.95 Å². The molecule has 5 heteroatoms. The van der Waals surface area contributed by atoms with Crippen molar-refractivity contribution >= 4 is 11.8 Å². The molecule has 0 bridgehead atoms. The molecule has 1 aromatic rings. The zero-order chi connectivity index (χ0) is 20.5. The molecule has 0 aromatic carbocycles. The Balaban J connectivity index is 1.99. The third-order valence-electron chi connectivity index (χ3n) is 4.71. The standard InChI is InChI=1S/C23H38O5/c1-3-5-6-7-8-9-10-11-12-13-14-15-18-27-23-17-16-21(28-23)20(24)19-22(25)26-4-2/h16-17H,3-15,18-19H2,1-2H3. The van der Waals surface area contributed by atoms with Crippen LogP contribution in [-0.2, 0) is 9.53 Å². The highest BCUT2D eigenvalue weighted by atomic mass is 16.6. The number of carbonyl (C=O) groups is 2. The SMILES string of the molecule is CCCCCCCCCCCCCCOc1ccc(C(=O)CC(=O)OCC)o1. The molecule has 0 aliphatic heterocycles. The van der Waals surface area contributed by atoms with Crippen molar-refractivity contribution in [2.24, 2.45) is 0 Å². The van der Waals surface area contributed by atoms with Gasteiger partial charge in [0.05, 0.1) is 13.2 Å². The second kappa shape index (κ2) is 16.2. The van der Waals surface area contributed by atoms with E-state index in [9.17, 15) is 9.59 Å². The minimum atomic E-state index is -0.539. The Bertz CT molecular complexity index is 535. The Morgan fingerprint density at radius 2 is 1.39 bits per heavy atom. The van der Waals surface area contributed by atoms with Crippen molar-refractivity contribution in [2.45, 2.75) is 97.3 Å². The summed E-state index contributed by atoms with van der Waals surface area (Å²) in [6.45, 7) is 4.80. The predicted octanol–water partition coefficient (Wildman–Crippen LogP) is 6.50. The van der Waals surface area contributed by atoms with Gasteiger partial charge in [-0.25, -0.2) is 0 Å². The molecule has 5 nitrogen and oxygen atoms in total. The maximum Gasteiger partial charge on any atom is 0.313 e. The lowest BCUT2D eigenvalue weighted by atomic mass is 10.1. The van der Waals surface area contributed by atoms with Gasteiger partial charge in [0.15, 0.2) is 5.76 Å². The van der Waals surface area contributed by atoms with Gasteiger partial charge >= 0.3 is 5.97 Å². The molecule has 0 saturated heterocycles. The molecule has 0 saturated carbocycles. The van der Waals surface area contributed by atoms with Gasteiger partial charge in [-0.15, -0.1) is 0 Å². The summed E-state index contributed by atoms with van der Waals surface area (Å²) in [5.74, 6) is -0.463. The van der Waals surface area contributed by atoms with Crippen molar-refractivity contribution in [1.29, 1.82) is 0 Å². The highest BCUT2D eigenvalue weighted by molar-refractivity contribution is 6.04. The predicted molar refractivity (Wildman–Crippen MR) is 111 cm³/mol. The number of ether oxygens (including phenoxy) is 2. The maximum absolute atomic E-state index is 11.9. The third-order valence-corrected chi connectivity index (χ3v) is 4.71. The molecule has 0 radical (unpaired) electrons. The molecule has 0 amide bonds. The first-order valence-electron chi connectivity index (χ1n) is 11.1. The molecule has 0 spiro atoms. The van der Waals surface area contributed by atoms with Gasteiger partial charge in [-0.05, 0) is 19.4 Å². The van der Waals surface area contributed by atoms with Crippen molar-refractivity contribution in [3.8, 4) is 5.95 Å². The fourth-order valence-corrected chi connectivity index (χ4v) is 3.09. The molecular formula is C23H38O5. The van der Waals surface area contributed by atoms with Crippen LogP contribution < -0.4 is 4.74 Å². The first-order chi connectivity index (χ1) is 13.7. The number of unbranched alkanes of at least 4 members (excludes halogenated alkanes) is 11. The lowest BCUT2D eigenvalue weighted by molar-refractivity contribution is -0.142. The molecule has 28 heavy (non-hydrogen) atoms. The number of rotatable bonds is 18. The quantitative estimate of drug-likeness (QED) is 0.123. The van der Waals surface area contributed by atoms with Gasteiger partial charge in [0.1, 0.15) is 6.42 Å². The summed E-state index contributed by atoms with van der Waals surface area (Å²) in [6, 6.07) is 3.16. The van der Waals surface area contributed by atoms with E-state index in [1.54, 1.807) is 19.1 Å². The number of ketones is 1. The molecule has 0 fully saturated rings. The molecule has 160 valence electrons. The maximum atomic E-state index is 11.9. The zero-order valence-electron chi connectivity index (χ0n) is 17.8. The van der Waals surface area contributed by atoms with Gasteiger partial charge in [-0.3, -0.25) is 9.59 Å². The number of furan rings is 1. The molecule has 1 heterocycles. The number of carbonyl (C=O) groups excluding carboxylic acids is 2. The molecule has 1 rings (SSSR count). The van der Waals surface area contributed by atoms with Crippen LogP contribution in [-0.4, -0.2) is 25.0 Å². The summed E-state index contributed by atoms with van der Waals surface area (Å²) < 4.78 is 15.7. The minimum absolute atomic E-state index is 0.137. The second-order valence-corrected chi connectivity index (χ2v) is 7.26. The Morgan fingerprint density at radius 3 is 1.96 bits per heavy atom. The number of Topliss-reactive ketones (excluding diaryl/α,β-unsaturated/α-hetero) is 1. The van der Waals surface area contributed by atoms with E-state index in [-0.39, 0.29) is 18.8 Å². The summed E-state index contributed by atoms with van der Waals surface area (Å²) in [5, 5.41) is 0. The van der Waals surface area contributed by atoms with Crippen LogP contribution in [0.1, 0.15) is 108 Å². The third kappa shape index (κ3) is 11.8. The van der Waals surface area contributed by atoms with Crippen LogP contribution in [0.3, 0.4) is 0 Å². The molecule has 1 aromatic heterocycles. The Kier molecular flexibility index (Phi) is 14.0. The lowest BCUT2D eigenvalue weighted by Gasteiger charge is -2.04. The Hall–Kier alpha value is -1.78. The molecule has 0 aliphatic carbocycles. The van der Waals surface area contributed by atoms with E-state index >= 15 is 0 Å². The summed E-state index contributed by atoms with van der Waals surface area (Å²) in [6.07, 6.45) is 15.3. The summed E-state index contributed by atoms with van der Waals surface area (Å²) in [5.41, 5.74) is 0. The molecule has 0 unspecified atom stereocenters. The van der Waals surface area contributed by atoms with E-state index in [1.165, 1.54) is 64.2 Å². The lowest BCUT2D eigenvalue weighted by Crippen LogP contribution is -2.10. The highest BCUT2D eigenvalue weighted by Crippen LogP contribution is 2.18. The zero-order valence-corrected chi connectivity index (χ0v) is 17.8. The van der Waals surface area contributed by atoms with Crippen LogP contribution in [0, 0.1) is 0 Å². The van der Waals surface area contributed by atoms with E-state index in [2.05, 4.69) is 6.92 Å². The van der Waals surface area contributed by atoms with E-state index in [0.29, 0.717) is 12.6 Å². The highest BCUT2D eigenvalue weighted by Gasteiger charge is 2.16. The Morgan fingerprint density at radius 1 is 0.821 bits per heavy atom. The monoisotopic (exact) mass is 394 g/mol. The molecule has 0 atom stereocenters. The number of esters is 1. The molecule has 0 aliphatic rings.